The number of methoxy groups -OCH3 is 3. The number of hydrogen-bond donors (Lipinski definition) is 2. The van der Waals surface area contributed by atoms with E-state index in [0.29, 0.717) is 23.2 Å². The van der Waals surface area contributed by atoms with E-state index < -0.39 is 0 Å². The van der Waals surface area contributed by atoms with Crippen molar-refractivity contribution in [3.05, 3.63) is 29.9 Å². The lowest BCUT2D eigenvalue weighted by atomic mass is 10.1. The molecule has 0 fully saturated rings. The molecule has 0 saturated carbocycles. The second-order valence-corrected chi connectivity index (χ2v) is 4.58. The van der Waals surface area contributed by atoms with Gasteiger partial charge in [-0.05, 0) is 19.4 Å². The molecule has 0 bridgehead atoms. The fourth-order valence-corrected chi connectivity index (χ4v) is 1.92. The van der Waals surface area contributed by atoms with E-state index in [4.69, 9.17) is 14.2 Å². The van der Waals surface area contributed by atoms with E-state index in [1.165, 1.54) is 0 Å². The van der Waals surface area contributed by atoms with Crippen LogP contribution in [0.3, 0.4) is 0 Å². The van der Waals surface area contributed by atoms with Gasteiger partial charge >= 0.3 is 0 Å². The molecule has 0 aromatic heterocycles. The van der Waals surface area contributed by atoms with Crippen LogP contribution in [0.5, 0.6) is 17.2 Å². The minimum absolute atomic E-state index is 0.558. The van der Waals surface area contributed by atoms with E-state index in [1.807, 2.05) is 32.2 Å². The van der Waals surface area contributed by atoms with Crippen molar-refractivity contribution in [3.63, 3.8) is 0 Å². The van der Waals surface area contributed by atoms with Crippen LogP contribution < -0.4 is 24.8 Å². The Morgan fingerprint density at radius 1 is 1.00 bits per heavy atom. The average molecular weight is 290 g/mol. The van der Waals surface area contributed by atoms with Crippen molar-refractivity contribution >= 4 is 11.6 Å². The summed E-state index contributed by atoms with van der Waals surface area (Å²) >= 11 is 0. The number of guanidine groups is 1. The van der Waals surface area contributed by atoms with Crippen molar-refractivity contribution in [1.29, 1.82) is 0 Å². The highest BCUT2D eigenvalue weighted by atomic mass is 16.5. The van der Waals surface area contributed by atoms with Gasteiger partial charge in [-0.2, -0.15) is 0 Å². The summed E-state index contributed by atoms with van der Waals surface area (Å²) in [6, 6.07) is 4.71. The van der Waals surface area contributed by atoms with Gasteiger partial charge in [0.05, 0.1) is 27.4 Å². The highest BCUT2D eigenvalue weighted by molar-refractivity contribution is 5.96. The predicted molar refractivity (Wildman–Crippen MR) is 83.0 cm³/mol. The normalized spacial score (nSPS) is 14.7. The van der Waals surface area contributed by atoms with Gasteiger partial charge in [0.1, 0.15) is 0 Å². The molecule has 0 unspecified atom stereocenters. The summed E-state index contributed by atoms with van der Waals surface area (Å²) in [5.74, 6) is 2.38. The smallest absolute Gasteiger partial charge is 0.203 e. The quantitative estimate of drug-likeness (QED) is 0.892. The van der Waals surface area contributed by atoms with E-state index in [-0.39, 0.29) is 0 Å². The summed E-state index contributed by atoms with van der Waals surface area (Å²) in [5.41, 5.74) is 1.89. The maximum atomic E-state index is 5.32. The Morgan fingerprint density at radius 3 is 2.10 bits per heavy atom. The zero-order chi connectivity index (χ0) is 15.4. The van der Waals surface area contributed by atoms with E-state index in [1.54, 1.807) is 21.3 Å². The molecule has 1 heterocycles. The molecule has 1 aliphatic rings. The van der Waals surface area contributed by atoms with Crippen molar-refractivity contribution in [2.24, 2.45) is 4.99 Å². The van der Waals surface area contributed by atoms with Gasteiger partial charge in [0.2, 0.25) is 11.7 Å². The molecule has 6 nitrogen and oxygen atoms in total. The number of nitrogens with one attached hydrogen (secondary N) is 2. The Hall–Kier alpha value is -2.37. The lowest BCUT2D eigenvalue weighted by Crippen LogP contribution is -2.35. The van der Waals surface area contributed by atoms with Crippen molar-refractivity contribution in [2.75, 3.05) is 26.6 Å². The highest BCUT2D eigenvalue weighted by Gasteiger charge is 2.16. The Balaban J connectivity index is 2.29. The molecule has 0 aliphatic carbocycles. The minimum atomic E-state index is 0.558. The summed E-state index contributed by atoms with van der Waals surface area (Å²) in [5, 5.41) is 6.38. The van der Waals surface area contributed by atoms with Gasteiger partial charge in [-0.3, -0.25) is 0 Å². The SMILES string of the molecule is COc1cc(NC2=NC=C(C)[C](C)N2)cc(OC)c1OC. The number of aliphatic imine (C=N–C) groups is 1. The maximum Gasteiger partial charge on any atom is 0.203 e. The molecule has 2 N–H and O–H groups in total. The summed E-state index contributed by atoms with van der Waals surface area (Å²) in [6.07, 6.45) is 1.81. The summed E-state index contributed by atoms with van der Waals surface area (Å²) in [7, 11) is 4.75. The fraction of sp³-hybridized carbons (Fsp3) is 0.333. The highest BCUT2D eigenvalue weighted by Crippen LogP contribution is 2.39. The molecule has 0 amide bonds. The first kappa shape index (κ1) is 15.0. The minimum Gasteiger partial charge on any atom is -0.493 e. The van der Waals surface area contributed by atoms with Crippen molar-refractivity contribution in [2.45, 2.75) is 13.8 Å². The van der Waals surface area contributed by atoms with E-state index >= 15 is 0 Å². The van der Waals surface area contributed by atoms with Crippen molar-refractivity contribution < 1.29 is 14.2 Å². The van der Waals surface area contributed by atoms with Gasteiger partial charge in [0.15, 0.2) is 11.5 Å². The molecule has 0 spiro atoms. The Morgan fingerprint density at radius 2 is 1.62 bits per heavy atom. The Bertz CT molecular complexity index is 557. The maximum absolute atomic E-state index is 5.32. The van der Waals surface area contributed by atoms with Gasteiger partial charge < -0.3 is 24.8 Å². The van der Waals surface area contributed by atoms with Crippen LogP contribution in [0.1, 0.15) is 13.8 Å². The lowest BCUT2D eigenvalue weighted by molar-refractivity contribution is 0.324. The molecule has 0 saturated heterocycles. The van der Waals surface area contributed by atoms with Crippen molar-refractivity contribution in [1.82, 2.24) is 5.32 Å². The van der Waals surface area contributed by atoms with Crippen LogP contribution in [0.2, 0.25) is 0 Å². The summed E-state index contributed by atoms with van der Waals surface area (Å²) < 4.78 is 15.9. The van der Waals surface area contributed by atoms with Crippen molar-refractivity contribution in [3.8, 4) is 17.2 Å². The number of nitrogens with zero attached hydrogens (tertiary/aromatic N) is 1. The molecular formula is C15H20N3O3. The standard InChI is InChI=1S/C15H20N3O3/c1-9-8-16-15(17-10(9)2)18-11-6-12(19-3)14(21-5)13(7-11)20-4/h6-8H,1-5H3,(H2,16,17,18). The monoisotopic (exact) mass is 290 g/mol. The molecule has 1 aliphatic heterocycles. The van der Waals surface area contributed by atoms with Gasteiger partial charge in [-0.25, -0.2) is 4.99 Å². The van der Waals surface area contributed by atoms with Gasteiger partial charge in [-0.15, -0.1) is 0 Å². The topological polar surface area (TPSA) is 64.1 Å². The molecule has 1 radical (unpaired) electrons. The average Bonchev–Trinajstić information content (AvgIpc) is 2.49. The van der Waals surface area contributed by atoms with Crippen LogP contribution in [-0.4, -0.2) is 27.3 Å². The van der Waals surface area contributed by atoms with Gasteiger partial charge in [0, 0.05) is 24.0 Å². The number of rotatable bonds is 4. The zero-order valence-electron chi connectivity index (χ0n) is 12.9. The van der Waals surface area contributed by atoms with Crippen LogP contribution >= 0.6 is 0 Å². The largest absolute Gasteiger partial charge is 0.493 e. The van der Waals surface area contributed by atoms with Gasteiger partial charge in [0.25, 0.3) is 0 Å². The molecule has 6 heteroatoms. The molecular weight excluding hydrogens is 270 g/mol. The van der Waals surface area contributed by atoms with Crippen LogP contribution in [0.15, 0.2) is 28.9 Å². The van der Waals surface area contributed by atoms with E-state index in [9.17, 15) is 0 Å². The number of ether oxygens (including phenoxy) is 3. The van der Waals surface area contributed by atoms with Crippen LogP contribution in [-0.2, 0) is 0 Å². The molecule has 0 atom stereocenters. The van der Waals surface area contributed by atoms with Crippen LogP contribution in [0.25, 0.3) is 0 Å². The summed E-state index contributed by atoms with van der Waals surface area (Å²) in [4.78, 5) is 4.31. The van der Waals surface area contributed by atoms with E-state index in [0.717, 1.165) is 17.3 Å². The lowest BCUT2D eigenvalue weighted by Gasteiger charge is -2.21. The molecule has 21 heavy (non-hydrogen) atoms. The first-order valence-corrected chi connectivity index (χ1v) is 6.51. The molecule has 1 aromatic rings. The fourth-order valence-electron chi connectivity index (χ4n) is 1.92. The second kappa shape index (κ2) is 6.39. The Kier molecular flexibility index (Phi) is 4.57. The van der Waals surface area contributed by atoms with Gasteiger partial charge in [-0.1, -0.05) is 0 Å². The number of hydrogen-bond acceptors (Lipinski definition) is 6. The molecule has 113 valence electrons. The number of benzene rings is 1. The third-order valence-corrected chi connectivity index (χ3v) is 3.21. The van der Waals surface area contributed by atoms with Crippen LogP contribution in [0, 0.1) is 6.04 Å². The van der Waals surface area contributed by atoms with E-state index in [2.05, 4.69) is 15.6 Å². The van der Waals surface area contributed by atoms with Crippen LogP contribution in [0.4, 0.5) is 5.69 Å². The zero-order valence-corrected chi connectivity index (χ0v) is 12.9. The summed E-state index contributed by atoms with van der Waals surface area (Å²) in [6.45, 7) is 4.00. The molecule has 2 rings (SSSR count). The third kappa shape index (κ3) is 3.21. The Labute approximate surface area is 124 Å². The number of anilines is 1. The molecule has 1 aromatic carbocycles. The first-order valence-electron chi connectivity index (χ1n) is 6.51. The first-order chi connectivity index (χ1) is 10.1. The predicted octanol–water partition coefficient (Wildman–Crippen LogP) is 2.54. The third-order valence-electron chi connectivity index (χ3n) is 3.21. The second-order valence-electron chi connectivity index (χ2n) is 4.58.